The largest absolute Gasteiger partial charge is 0.444 e. The van der Waals surface area contributed by atoms with Crippen molar-refractivity contribution in [3.63, 3.8) is 0 Å². The number of Topliss-reactive ketones (excluding diaryl/α,β-unsaturated/α-hetero) is 1. The normalized spacial score (nSPS) is 23.6. The van der Waals surface area contributed by atoms with Crippen molar-refractivity contribution in [1.82, 2.24) is 4.90 Å². The molecule has 18 heavy (non-hydrogen) atoms. The summed E-state index contributed by atoms with van der Waals surface area (Å²) in [5.74, 6) is 1.64. The maximum absolute atomic E-state index is 11.9. The van der Waals surface area contributed by atoms with E-state index in [-0.39, 0.29) is 24.8 Å². The van der Waals surface area contributed by atoms with Crippen molar-refractivity contribution in [2.75, 3.05) is 6.54 Å². The number of carbonyl (C=O) groups is 2. The molecule has 0 saturated carbocycles. The summed E-state index contributed by atoms with van der Waals surface area (Å²) in [4.78, 5) is 24.5. The van der Waals surface area contributed by atoms with Crippen LogP contribution >= 0.6 is 0 Å². The second-order valence-electron chi connectivity index (χ2n) is 5.45. The third-order valence-electron chi connectivity index (χ3n) is 2.60. The maximum atomic E-state index is 11.9. The molecular formula is C13H19NO4. The van der Waals surface area contributed by atoms with Crippen molar-refractivity contribution in [3.8, 4) is 12.3 Å². The van der Waals surface area contributed by atoms with E-state index in [1.165, 1.54) is 4.90 Å². The van der Waals surface area contributed by atoms with Crippen molar-refractivity contribution in [2.45, 2.75) is 51.4 Å². The van der Waals surface area contributed by atoms with E-state index < -0.39 is 17.8 Å². The van der Waals surface area contributed by atoms with Gasteiger partial charge >= 0.3 is 6.09 Å². The van der Waals surface area contributed by atoms with Crippen LogP contribution in [-0.2, 0) is 9.53 Å². The van der Waals surface area contributed by atoms with Crippen molar-refractivity contribution >= 4 is 11.9 Å². The number of terminal acetylenes is 1. The molecule has 2 atom stereocenters. The van der Waals surface area contributed by atoms with Gasteiger partial charge in [0, 0.05) is 12.5 Å². The molecule has 1 N–H and O–H groups in total. The number of ether oxygens (including phenoxy) is 1. The van der Waals surface area contributed by atoms with Crippen LogP contribution in [0.4, 0.5) is 4.79 Å². The summed E-state index contributed by atoms with van der Waals surface area (Å²) in [5, 5.41) is 9.59. The van der Waals surface area contributed by atoms with Gasteiger partial charge in [-0.15, -0.1) is 6.42 Å². The van der Waals surface area contributed by atoms with Gasteiger partial charge in [-0.1, -0.05) is 0 Å². The number of aliphatic hydroxyl groups is 1. The van der Waals surface area contributed by atoms with Crippen LogP contribution in [0.5, 0.6) is 0 Å². The monoisotopic (exact) mass is 253 g/mol. The summed E-state index contributed by atoms with van der Waals surface area (Å²) in [6, 6.07) is -0.376. The third kappa shape index (κ3) is 4.04. The molecular weight excluding hydrogens is 234 g/mol. The lowest BCUT2D eigenvalue weighted by Gasteiger charge is -2.27. The summed E-state index contributed by atoms with van der Waals surface area (Å²) in [6.07, 6.45) is 4.28. The minimum absolute atomic E-state index is 0.0623. The number of likely N-dealkylation sites (tertiary alicyclic amines) is 1. The van der Waals surface area contributed by atoms with Gasteiger partial charge in [-0.3, -0.25) is 4.79 Å². The van der Waals surface area contributed by atoms with Crippen LogP contribution in [0.2, 0.25) is 0 Å². The Hall–Kier alpha value is -1.54. The first kappa shape index (κ1) is 14.5. The van der Waals surface area contributed by atoms with Crippen molar-refractivity contribution in [3.05, 3.63) is 0 Å². The lowest BCUT2D eigenvalue weighted by atomic mass is 10.1. The topological polar surface area (TPSA) is 66.8 Å². The molecule has 1 rings (SSSR count). The summed E-state index contributed by atoms with van der Waals surface area (Å²) >= 11 is 0. The molecule has 0 bridgehead atoms. The average Bonchev–Trinajstić information content (AvgIpc) is 2.56. The first-order valence-electron chi connectivity index (χ1n) is 5.90. The molecule has 0 aromatic rings. The molecule has 1 aliphatic heterocycles. The van der Waals surface area contributed by atoms with Crippen LogP contribution in [0, 0.1) is 12.3 Å². The van der Waals surface area contributed by atoms with Gasteiger partial charge in [0.1, 0.15) is 5.60 Å². The van der Waals surface area contributed by atoms with Crippen LogP contribution in [-0.4, -0.2) is 46.2 Å². The molecule has 1 saturated heterocycles. The highest BCUT2D eigenvalue weighted by Gasteiger charge is 2.37. The van der Waals surface area contributed by atoms with Gasteiger partial charge in [0.05, 0.1) is 12.6 Å². The highest BCUT2D eigenvalue weighted by molar-refractivity contribution is 5.95. The highest BCUT2D eigenvalue weighted by Crippen LogP contribution is 2.23. The molecule has 0 aromatic heterocycles. The van der Waals surface area contributed by atoms with E-state index in [0.717, 1.165) is 0 Å². The number of hydrogen-bond donors (Lipinski definition) is 1. The number of hydrogen-bond acceptors (Lipinski definition) is 4. The quantitative estimate of drug-likeness (QED) is 0.587. The first-order chi connectivity index (χ1) is 8.23. The zero-order valence-corrected chi connectivity index (χ0v) is 11.0. The smallest absolute Gasteiger partial charge is 0.410 e. The maximum Gasteiger partial charge on any atom is 0.410 e. The van der Waals surface area contributed by atoms with Crippen molar-refractivity contribution in [2.24, 2.45) is 0 Å². The second kappa shape index (κ2) is 5.40. The van der Waals surface area contributed by atoms with Gasteiger partial charge < -0.3 is 14.7 Å². The molecule has 5 heteroatoms. The predicted molar refractivity (Wildman–Crippen MR) is 65.8 cm³/mol. The van der Waals surface area contributed by atoms with Gasteiger partial charge in [0.15, 0.2) is 0 Å². The number of rotatable bonds is 2. The Morgan fingerprint density at radius 1 is 1.50 bits per heavy atom. The summed E-state index contributed by atoms with van der Waals surface area (Å²) in [6.45, 7) is 5.47. The van der Waals surface area contributed by atoms with E-state index in [9.17, 15) is 14.7 Å². The fourth-order valence-electron chi connectivity index (χ4n) is 1.90. The van der Waals surface area contributed by atoms with Gasteiger partial charge in [-0.2, -0.15) is 0 Å². The Kier molecular flexibility index (Phi) is 4.36. The Morgan fingerprint density at radius 2 is 2.11 bits per heavy atom. The second-order valence-corrected chi connectivity index (χ2v) is 5.45. The zero-order chi connectivity index (χ0) is 13.9. The standard InChI is InChI=1S/C13H19NO4/c1-5-10(15)6-9-7-11(16)8-14(9)12(17)18-13(2,3)4/h1,9,11,16H,6-8H2,2-4H3/t9-,11+/m1/s1. The van der Waals surface area contributed by atoms with Crippen molar-refractivity contribution in [1.29, 1.82) is 0 Å². The SMILES string of the molecule is C#CC(=O)C[C@@H]1C[C@H](O)CN1C(=O)OC(C)(C)C. The summed E-state index contributed by atoms with van der Waals surface area (Å²) in [5.41, 5.74) is -0.606. The Bertz CT molecular complexity index is 377. The number of nitrogens with zero attached hydrogens (tertiary/aromatic N) is 1. The third-order valence-corrected chi connectivity index (χ3v) is 2.60. The first-order valence-corrected chi connectivity index (χ1v) is 5.90. The fourth-order valence-corrected chi connectivity index (χ4v) is 1.90. The zero-order valence-electron chi connectivity index (χ0n) is 11.0. The fraction of sp³-hybridized carbons (Fsp3) is 0.692. The molecule has 0 radical (unpaired) electrons. The number of carbonyl (C=O) groups excluding carboxylic acids is 2. The number of ketones is 1. The van der Waals surface area contributed by atoms with E-state index in [1.807, 2.05) is 5.92 Å². The molecule has 1 fully saturated rings. The number of amides is 1. The van der Waals surface area contributed by atoms with E-state index in [0.29, 0.717) is 6.42 Å². The van der Waals surface area contributed by atoms with Crippen LogP contribution < -0.4 is 0 Å². The van der Waals surface area contributed by atoms with Gasteiger partial charge in [0.25, 0.3) is 0 Å². The van der Waals surface area contributed by atoms with E-state index in [2.05, 4.69) is 0 Å². The summed E-state index contributed by atoms with van der Waals surface area (Å²) < 4.78 is 5.23. The van der Waals surface area contributed by atoms with E-state index in [1.54, 1.807) is 20.8 Å². The minimum Gasteiger partial charge on any atom is -0.444 e. The lowest BCUT2D eigenvalue weighted by Crippen LogP contribution is -2.40. The highest BCUT2D eigenvalue weighted by atomic mass is 16.6. The predicted octanol–water partition coefficient (Wildman–Crippen LogP) is 0.949. The average molecular weight is 253 g/mol. The molecule has 1 amide bonds. The van der Waals surface area contributed by atoms with E-state index >= 15 is 0 Å². The molecule has 1 heterocycles. The van der Waals surface area contributed by atoms with Crippen molar-refractivity contribution < 1.29 is 19.4 Å². The van der Waals surface area contributed by atoms with E-state index in [4.69, 9.17) is 11.2 Å². The van der Waals surface area contributed by atoms with Gasteiger partial charge in [0.2, 0.25) is 5.78 Å². The van der Waals surface area contributed by atoms with Gasteiger partial charge in [-0.25, -0.2) is 4.79 Å². The molecule has 5 nitrogen and oxygen atoms in total. The number of β-amino-alcohol motifs (C(OH)–C–C–N with tert-alkyl or cyclic N) is 1. The molecule has 0 unspecified atom stereocenters. The van der Waals surface area contributed by atoms with Gasteiger partial charge in [-0.05, 0) is 33.1 Å². The Morgan fingerprint density at radius 3 is 2.61 bits per heavy atom. The van der Waals surface area contributed by atoms with Crippen LogP contribution in [0.15, 0.2) is 0 Å². The Labute approximate surface area is 107 Å². The van der Waals surface area contributed by atoms with Crippen LogP contribution in [0.1, 0.15) is 33.6 Å². The molecule has 0 spiro atoms. The molecule has 1 aliphatic rings. The molecule has 0 aliphatic carbocycles. The number of aliphatic hydroxyl groups excluding tert-OH is 1. The molecule has 0 aromatic carbocycles. The van der Waals surface area contributed by atoms with Crippen LogP contribution in [0.3, 0.4) is 0 Å². The molecule has 100 valence electrons. The Balaban J connectivity index is 2.70. The lowest BCUT2D eigenvalue weighted by molar-refractivity contribution is -0.114. The minimum atomic E-state index is -0.631. The summed E-state index contributed by atoms with van der Waals surface area (Å²) in [7, 11) is 0. The van der Waals surface area contributed by atoms with Crippen LogP contribution in [0.25, 0.3) is 0 Å².